The Labute approximate surface area is 119 Å². The zero-order valence-electron chi connectivity index (χ0n) is 12.1. The minimum Gasteiger partial charge on any atom is -0.354 e. The summed E-state index contributed by atoms with van der Waals surface area (Å²) in [7, 11) is 3.48. The molecular weight excluding hydrogens is 254 g/mol. The van der Waals surface area contributed by atoms with Crippen molar-refractivity contribution in [3.05, 3.63) is 36.2 Å². The molecule has 0 unspecified atom stereocenters. The van der Waals surface area contributed by atoms with Gasteiger partial charge in [0.2, 0.25) is 5.91 Å². The number of piperidine rings is 1. The van der Waals surface area contributed by atoms with Crippen LogP contribution in [0.15, 0.2) is 24.8 Å². The third-order valence-electron chi connectivity index (χ3n) is 3.92. The first-order valence-corrected chi connectivity index (χ1v) is 6.91. The van der Waals surface area contributed by atoms with Crippen molar-refractivity contribution in [2.75, 3.05) is 13.6 Å². The van der Waals surface area contributed by atoms with Gasteiger partial charge in [0.05, 0.1) is 6.04 Å². The summed E-state index contributed by atoms with van der Waals surface area (Å²) in [4.78, 5) is 25.6. The van der Waals surface area contributed by atoms with Crippen molar-refractivity contribution in [3.8, 4) is 0 Å². The molecular formula is C15H21N3O2. The van der Waals surface area contributed by atoms with E-state index in [1.54, 1.807) is 13.1 Å². The molecule has 108 valence electrons. The number of nitrogens with one attached hydrogen (secondary N) is 1. The van der Waals surface area contributed by atoms with Gasteiger partial charge in [0.1, 0.15) is 5.69 Å². The molecule has 5 heteroatoms. The predicted molar refractivity (Wildman–Crippen MR) is 77.3 cm³/mol. The van der Waals surface area contributed by atoms with Crippen LogP contribution in [0.4, 0.5) is 0 Å². The molecule has 1 atom stereocenters. The van der Waals surface area contributed by atoms with E-state index in [4.69, 9.17) is 0 Å². The largest absolute Gasteiger partial charge is 0.354 e. The average molecular weight is 275 g/mol. The number of hydrogen-bond donors (Lipinski definition) is 1. The predicted octanol–water partition coefficient (Wildman–Crippen LogP) is 1.62. The summed E-state index contributed by atoms with van der Waals surface area (Å²) in [6.07, 6.45) is 4.39. The van der Waals surface area contributed by atoms with Gasteiger partial charge in [-0.15, -0.1) is 0 Å². The summed E-state index contributed by atoms with van der Waals surface area (Å²) in [5.41, 5.74) is 1.61. The Balaban J connectivity index is 2.33. The van der Waals surface area contributed by atoms with Crippen LogP contribution < -0.4 is 5.32 Å². The van der Waals surface area contributed by atoms with E-state index in [1.165, 1.54) is 6.08 Å². The molecule has 1 aliphatic heterocycles. The van der Waals surface area contributed by atoms with Crippen molar-refractivity contribution in [2.45, 2.75) is 25.3 Å². The summed E-state index contributed by atoms with van der Waals surface area (Å²) >= 11 is 0. The molecule has 20 heavy (non-hydrogen) atoms. The summed E-state index contributed by atoms with van der Waals surface area (Å²) in [6, 6.07) is 3.76. The lowest BCUT2D eigenvalue weighted by Crippen LogP contribution is -2.38. The summed E-state index contributed by atoms with van der Waals surface area (Å²) in [5.74, 6) is -0.159. The minimum atomic E-state index is -0.115. The number of carbonyl (C=O) groups is 2. The lowest BCUT2D eigenvalue weighted by Gasteiger charge is -2.35. The normalized spacial score (nSPS) is 18.7. The van der Waals surface area contributed by atoms with Gasteiger partial charge in [-0.25, -0.2) is 0 Å². The molecule has 0 bridgehead atoms. The fourth-order valence-electron chi connectivity index (χ4n) is 2.84. The molecule has 1 aromatic heterocycles. The Kier molecular flexibility index (Phi) is 4.27. The summed E-state index contributed by atoms with van der Waals surface area (Å²) in [5, 5.41) is 2.63. The van der Waals surface area contributed by atoms with E-state index >= 15 is 0 Å². The average Bonchev–Trinajstić information content (AvgIpc) is 2.87. The number of amides is 2. The van der Waals surface area contributed by atoms with Gasteiger partial charge in [0, 0.05) is 26.3 Å². The lowest BCUT2D eigenvalue weighted by atomic mass is 9.99. The van der Waals surface area contributed by atoms with Crippen molar-refractivity contribution < 1.29 is 9.59 Å². The minimum absolute atomic E-state index is 0.0256. The first-order chi connectivity index (χ1) is 9.60. The van der Waals surface area contributed by atoms with Crippen LogP contribution in [0.25, 0.3) is 0 Å². The van der Waals surface area contributed by atoms with Gasteiger partial charge in [-0.2, -0.15) is 0 Å². The number of carbonyl (C=O) groups excluding carboxylic acids is 2. The fraction of sp³-hybridized carbons (Fsp3) is 0.467. The topological polar surface area (TPSA) is 54.3 Å². The van der Waals surface area contributed by atoms with Gasteiger partial charge in [-0.05, 0) is 37.5 Å². The van der Waals surface area contributed by atoms with E-state index in [0.29, 0.717) is 5.69 Å². The molecule has 5 nitrogen and oxygen atoms in total. The highest BCUT2D eigenvalue weighted by molar-refractivity contribution is 5.92. The molecule has 0 spiro atoms. The van der Waals surface area contributed by atoms with Crippen molar-refractivity contribution in [3.63, 3.8) is 0 Å². The van der Waals surface area contributed by atoms with Crippen LogP contribution in [0, 0.1) is 0 Å². The van der Waals surface area contributed by atoms with Crippen LogP contribution in [0.2, 0.25) is 0 Å². The van der Waals surface area contributed by atoms with Crippen LogP contribution >= 0.6 is 0 Å². The van der Waals surface area contributed by atoms with Gasteiger partial charge < -0.3 is 14.8 Å². The molecule has 2 amide bonds. The van der Waals surface area contributed by atoms with Crippen LogP contribution in [-0.2, 0) is 11.8 Å². The maximum atomic E-state index is 12.0. The molecule has 1 N–H and O–H groups in total. The van der Waals surface area contributed by atoms with Gasteiger partial charge in [0.25, 0.3) is 5.91 Å². The van der Waals surface area contributed by atoms with Gasteiger partial charge in [-0.1, -0.05) is 6.58 Å². The summed E-state index contributed by atoms with van der Waals surface area (Å²) in [6.45, 7) is 4.32. The quantitative estimate of drug-likeness (QED) is 0.852. The van der Waals surface area contributed by atoms with Crippen LogP contribution in [-0.4, -0.2) is 34.9 Å². The first-order valence-electron chi connectivity index (χ1n) is 6.91. The van der Waals surface area contributed by atoms with Crippen LogP contribution in [0.1, 0.15) is 41.5 Å². The van der Waals surface area contributed by atoms with Gasteiger partial charge in [0.15, 0.2) is 0 Å². The number of rotatable bonds is 3. The lowest BCUT2D eigenvalue weighted by molar-refractivity contribution is -0.129. The van der Waals surface area contributed by atoms with E-state index in [0.717, 1.165) is 31.5 Å². The third kappa shape index (κ3) is 2.48. The smallest absolute Gasteiger partial charge is 0.267 e. The zero-order valence-corrected chi connectivity index (χ0v) is 12.1. The Hall–Kier alpha value is -2.04. The second-order valence-corrected chi connectivity index (χ2v) is 5.03. The standard InChI is InChI=1S/C15H21N3O2/c1-4-14(19)18-10-6-5-7-12(18)11-8-9-13(17(11)3)15(20)16-2/h4,8-9,12H,1,5-7,10H2,2-3H3,(H,16,20)/t12-/m1/s1. The molecule has 1 fully saturated rings. The van der Waals surface area contributed by atoms with E-state index in [9.17, 15) is 9.59 Å². The maximum Gasteiger partial charge on any atom is 0.267 e. The highest BCUT2D eigenvalue weighted by atomic mass is 16.2. The molecule has 0 saturated carbocycles. The summed E-state index contributed by atoms with van der Waals surface area (Å²) < 4.78 is 1.87. The van der Waals surface area contributed by atoms with Crippen molar-refractivity contribution in [1.29, 1.82) is 0 Å². The highest BCUT2D eigenvalue weighted by Crippen LogP contribution is 2.31. The Morgan fingerprint density at radius 3 is 2.80 bits per heavy atom. The molecule has 1 aromatic rings. The fourth-order valence-corrected chi connectivity index (χ4v) is 2.84. The molecule has 2 rings (SSSR count). The second-order valence-electron chi connectivity index (χ2n) is 5.03. The van der Waals surface area contributed by atoms with Crippen LogP contribution in [0.5, 0.6) is 0 Å². The van der Waals surface area contributed by atoms with E-state index in [2.05, 4.69) is 11.9 Å². The third-order valence-corrected chi connectivity index (χ3v) is 3.92. The Morgan fingerprint density at radius 1 is 1.40 bits per heavy atom. The zero-order chi connectivity index (χ0) is 14.7. The number of nitrogens with zero attached hydrogens (tertiary/aromatic N) is 2. The van der Waals surface area contributed by atoms with Crippen molar-refractivity contribution in [1.82, 2.24) is 14.8 Å². The molecule has 0 aromatic carbocycles. The maximum absolute atomic E-state index is 12.0. The van der Waals surface area contributed by atoms with E-state index < -0.39 is 0 Å². The molecule has 0 aliphatic carbocycles. The molecule has 1 saturated heterocycles. The monoisotopic (exact) mass is 275 g/mol. The molecule has 0 radical (unpaired) electrons. The second kappa shape index (κ2) is 5.94. The Morgan fingerprint density at radius 2 is 2.15 bits per heavy atom. The molecule has 1 aliphatic rings. The first kappa shape index (κ1) is 14.4. The number of hydrogen-bond acceptors (Lipinski definition) is 2. The SMILES string of the molecule is C=CC(=O)N1CCCC[C@@H]1c1ccc(C(=O)NC)n1C. The van der Waals surface area contributed by atoms with Crippen molar-refractivity contribution >= 4 is 11.8 Å². The van der Waals surface area contributed by atoms with Gasteiger partial charge in [-0.3, -0.25) is 9.59 Å². The number of likely N-dealkylation sites (tertiary alicyclic amines) is 1. The van der Waals surface area contributed by atoms with Crippen LogP contribution in [0.3, 0.4) is 0 Å². The van der Waals surface area contributed by atoms with Gasteiger partial charge >= 0.3 is 0 Å². The Bertz CT molecular complexity index is 533. The van der Waals surface area contributed by atoms with Crippen molar-refractivity contribution in [2.24, 2.45) is 7.05 Å². The molecule has 2 heterocycles. The highest BCUT2D eigenvalue weighted by Gasteiger charge is 2.29. The van der Waals surface area contributed by atoms with E-state index in [1.807, 2.05) is 22.6 Å². The van der Waals surface area contributed by atoms with E-state index in [-0.39, 0.29) is 17.9 Å². The number of aromatic nitrogens is 1.